The summed E-state index contributed by atoms with van der Waals surface area (Å²) in [6.45, 7) is 1.78. The molecule has 0 bridgehead atoms. The highest BCUT2D eigenvalue weighted by Gasteiger charge is 2.38. The smallest absolute Gasteiger partial charge is 0.242 e. The van der Waals surface area contributed by atoms with Gasteiger partial charge in [0.2, 0.25) is 5.91 Å². The molecular weight excluding hydrogens is 204 g/mol. The van der Waals surface area contributed by atoms with Gasteiger partial charge in [0.1, 0.15) is 11.3 Å². The van der Waals surface area contributed by atoms with E-state index in [1.54, 1.807) is 31.2 Å². The first-order valence-corrected chi connectivity index (χ1v) is 5.39. The van der Waals surface area contributed by atoms with Crippen molar-refractivity contribution in [3.63, 3.8) is 0 Å². The maximum absolute atomic E-state index is 11.6. The van der Waals surface area contributed by atoms with E-state index < -0.39 is 11.4 Å². The number of phenols is 1. The van der Waals surface area contributed by atoms with Gasteiger partial charge in [-0.2, -0.15) is 0 Å². The second-order valence-corrected chi connectivity index (χ2v) is 4.45. The summed E-state index contributed by atoms with van der Waals surface area (Å²) >= 11 is 0. The van der Waals surface area contributed by atoms with Gasteiger partial charge in [-0.1, -0.05) is 12.1 Å². The first-order valence-electron chi connectivity index (χ1n) is 5.39. The van der Waals surface area contributed by atoms with E-state index in [0.29, 0.717) is 6.04 Å². The van der Waals surface area contributed by atoms with E-state index in [9.17, 15) is 9.90 Å². The lowest BCUT2D eigenvalue weighted by molar-refractivity contribution is -0.124. The summed E-state index contributed by atoms with van der Waals surface area (Å²) in [5, 5.41) is 12.5. The molecule has 1 aliphatic carbocycles. The van der Waals surface area contributed by atoms with Crippen LogP contribution in [0.1, 0.15) is 25.3 Å². The summed E-state index contributed by atoms with van der Waals surface area (Å²) in [7, 11) is 0. The van der Waals surface area contributed by atoms with Crippen molar-refractivity contribution in [3.8, 4) is 5.75 Å². The summed E-state index contributed by atoms with van der Waals surface area (Å²) < 4.78 is 0. The number of nitrogens with one attached hydrogen (secondary N) is 1. The number of carbonyl (C=O) groups excluding carboxylic acids is 1. The molecule has 16 heavy (non-hydrogen) atoms. The molecule has 1 fully saturated rings. The number of nitrogens with two attached hydrogens (primary N) is 1. The molecule has 4 heteroatoms. The Hall–Kier alpha value is -1.55. The Morgan fingerprint density at radius 2 is 2.00 bits per heavy atom. The molecule has 0 saturated heterocycles. The fraction of sp³-hybridized carbons (Fsp3) is 0.417. The van der Waals surface area contributed by atoms with Gasteiger partial charge in [-0.05, 0) is 37.5 Å². The Balaban J connectivity index is 2.30. The monoisotopic (exact) mass is 220 g/mol. The van der Waals surface area contributed by atoms with Gasteiger partial charge >= 0.3 is 0 Å². The third-order valence-electron chi connectivity index (χ3n) is 3.01. The van der Waals surface area contributed by atoms with Crippen LogP contribution in [0.5, 0.6) is 5.75 Å². The molecule has 4 N–H and O–H groups in total. The minimum absolute atomic E-state index is 0.182. The fourth-order valence-corrected chi connectivity index (χ4v) is 1.73. The van der Waals surface area contributed by atoms with Gasteiger partial charge in [0, 0.05) is 6.04 Å². The number of primary amides is 1. The van der Waals surface area contributed by atoms with Crippen LogP contribution in [-0.2, 0) is 10.3 Å². The van der Waals surface area contributed by atoms with Crippen molar-refractivity contribution in [2.24, 2.45) is 5.73 Å². The van der Waals surface area contributed by atoms with Crippen LogP contribution in [-0.4, -0.2) is 17.1 Å². The number of aromatic hydroxyl groups is 1. The van der Waals surface area contributed by atoms with Crippen molar-refractivity contribution in [1.29, 1.82) is 0 Å². The van der Waals surface area contributed by atoms with Crippen molar-refractivity contribution in [1.82, 2.24) is 5.32 Å². The molecule has 0 radical (unpaired) electrons. The van der Waals surface area contributed by atoms with E-state index in [0.717, 1.165) is 18.4 Å². The molecule has 1 unspecified atom stereocenters. The van der Waals surface area contributed by atoms with Crippen LogP contribution in [0, 0.1) is 0 Å². The highest BCUT2D eigenvalue weighted by molar-refractivity contribution is 5.85. The maximum atomic E-state index is 11.6. The van der Waals surface area contributed by atoms with Crippen LogP contribution in [0.15, 0.2) is 24.3 Å². The Bertz CT molecular complexity index is 398. The molecule has 1 aliphatic rings. The van der Waals surface area contributed by atoms with Crippen molar-refractivity contribution < 1.29 is 9.90 Å². The second kappa shape index (κ2) is 3.79. The van der Waals surface area contributed by atoms with Gasteiger partial charge in [-0.15, -0.1) is 0 Å². The lowest BCUT2D eigenvalue weighted by Crippen LogP contribution is -2.51. The van der Waals surface area contributed by atoms with E-state index in [2.05, 4.69) is 5.32 Å². The number of hydrogen-bond donors (Lipinski definition) is 3. The van der Waals surface area contributed by atoms with Gasteiger partial charge in [0.05, 0.1) is 0 Å². The van der Waals surface area contributed by atoms with E-state index in [1.165, 1.54) is 0 Å². The Morgan fingerprint density at radius 1 is 1.44 bits per heavy atom. The second-order valence-electron chi connectivity index (χ2n) is 4.45. The van der Waals surface area contributed by atoms with Crippen LogP contribution in [0.25, 0.3) is 0 Å². The molecule has 1 aromatic carbocycles. The van der Waals surface area contributed by atoms with Crippen LogP contribution in [0.3, 0.4) is 0 Å². The molecule has 1 aromatic rings. The quantitative estimate of drug-likeness (QED) is 0.704. The average Bonchev–Trinajstić information content (AvgIpc) is 3.02. The molecule has 1 amide bonds. The SMILES string of the molecule is CC(NC1CC1)(C(N)=O)c1ccc(O)cc1. The predicted octanol–water partition coefficient (Wildman–Crippen LogP) is 0.845. The third kappa shape index (κ3) is 2.02. The largest absolute Gasteiger partial charge is 0.508 e. The molecule has 2 rings (SSSR count). The van der Waals surface area contributed by atoms with Crippen LogP contribution >= 0.6 is 0 Å². The number of rotatable bonds is 4. The van der Waals surface area contributed by atoms with Gasteiger partial charge in [-0.3, -0.25) is 10.1 Å². The molecule has 1 atom stereocenters. The maximum Gasteiger partial charge on any atom is 0.242 e. The molecule has 0 spiro atoms. The highest BCUT2D eigenvalue weighted by Crippen LogP contribution is 2.29. The summed E-state index contributed by atoms with van der Waals surface area (Å²) in [5.41, 5.74) is 5.38. The number of amides is 1. The molecular formula is C12H16N2O2. The standard InChI is InChI=1S/C12H16N2O2/c1-12(11(13)16,14-9-4-5-9)8-2-6-10(15)7-3-8/h2-3,6-7,9,14-15H,4-5H2,1H3,(H2,13,16). The molecule has 0 aromatic heterocycles. The molecule has 4 nitrogen and oxygen atoms in total. The number of hydrogen-bond acceptors (Lipinski definition) is 3. The minimum Gasteiger partial charge on any atom is -0.508 e. The van der Waals surface area contributed by atoms with Gasteiger partial charge in [-0.25, -0.2) is 0 Å². The van der Waals surface area contributed by atoms with Gasteiger partial charge < -0.3 is 10.8 Å². The number of phenolic OH excluding ortho intramolecular Hbond substituents is 1. The van der Waals surface area contributed by atoms with Gasteiger partial charge in [0.25, 0.3) is 0 Å². The van der Waals surface area contributed by atoms with E-state index in [1.807, 2.05) is 0 Å². The summed E-state index contributed by atoms with van der Waals surface area (Å²) in [6.07, 6.45) is 2.17. The van der Waals surface area contributed by atoms with E-state index in [4.69, 9.17) is 5.73 Å². The normalized spacial score (nSPS) is 19.1. The van der Waals surface area contributed by atoms with Crippen LogP contribution in [0.4, 0.5) is 0 Å². The number of carbonyl (C=O) groups is 1. The topological polar surface area (TPSA) is 75.3 Å². The average molecular weight is 220 g/mol. The molecule has 1 saturated carbocycles. The van der Waals surface area contributed by atoms with Crippen LogP contribution in [0.2, 0.25) is 0 Å². The Kier molecular flexibility index (Phi) is 2.59. The summed E-state index contributed by atoms with van der Waals surface area (Å²) in [4.78, 5) is 11.6. The van der Waals surface area contributed by atoms with E-state index >= 15 is 0 Å². The Labute approximate surface area is 94.5 Å². The van der Waals surface area contributed by atoms with Crippen molar-refractivity contribution in [2.75, 3.05) is 0 Å². The van der Waals surface area contributed by atoms with Crippen LogP contribution < -0.4 is 11.1 Å². The first kappa shape index (κ1) is 11.0. The highest BCUT2D eigenvalue weighted by atomic mass is 16.3. The third-order valence-corrected chi connectivity index (χ3v) is 3.01. The van der Waals surface area contributed by atoms with Crippen molar-refractivity contribution in [3.05, 3.63) is 29.8 Å². The van der Waals surface area contributed by atoms with E-state index in [-0.39, 0.29) is 5.75 Å². The fourth-order valence-electron chi connectivity index (χ4n) is 1.73. The lowest BCUT2D eigenvalue weighted by atomic mass is 9.91. The Morgan fingerprint density at radius 3 is 2.44 bits per heavy atom. The predicted molar refractivity (Wildman–Crippen MR) is 60.8 cm³/mol. The molecule has 0 aliphatic heterocycles. The number of benzene rings is 1. The zero-order valence-electron chi connectivity index (χ0n) is 9.23. The summed E-state index contributed by atoms with van der Waals surface area (Å²) in [5.74, 6) is -0.216. The molecule has 0 heterocycles. The zero-order valence-corrected chi connectivity index (χ0v) is 9.23. The summed E-state index contributed by atoms with van der Waals surface area (Å²) in [6, 6.07) is 6.94. The molecule has 86 valence electrons. The zero-order chi connectivity index (χ0) is 11.8. The van der Waals surface area contributed by atoms with Crippen molar-refractivity contribution in [2.45, 2.75) is 31.3 Å². The minimum atomic E-state index is -0.852. The first-order chi connectivity index (χ1) is 7.52. The van der Waals surface area contributed by atoms with Crippen molar-refractivity contribution >= 4 is 5.91 Å². The lowest BCUT2D eigenvalue weighted by Gasteiger charge is -2.28. The van der Waals surface area contributed by atoms with Gasteiger partial charge in [0.15, 0.2) is 0 Å².